The Balaban J connectivity index is 2.92. The fourth-order valence-electron chi connectivity index (χ4n) is 1.78. The van der Waals surface area contributed by atoms with Crippen LogP contribution in [0.2, 0.25) is 0 Å². The zero-order valence-electron chi connectivity index (χ0n) is 12.6. The van der Waals surface area contributed by atoms with Crippen LogP contribution in [0.5, 0.6) is 0 Å². The molecule has 5 nitrogen and oxygen atoms in total. The molecule has 2 N–H and O–H groups in total. The predicted octanol–water partition coefficient (Wildman–Crippen LogP) is 1.52. The van der Waals surface area contributed by atoms with Crippen molar-refractivity contribution in [3.63, 3.8) is 0 Å². The van der Waals surface area contributed by atoms with E-state index in [1.54, 1.807) is 31.1 Å². The molecule has 0 aliphatic heterocycles. The number of likely N-dealkylation sites (N-methyl/N-ethyl adjacent to an activating group) is 1. The summed E-state index contributed by atoms with van der Waals surface area (Å²) >= 11 is 0. The van der Waals surface area contributed by atoms with Gasteiger partial charge in [-0.3, -0.25) is 9.59 Å². The smallest absolute Gasteiger partial charge is 0.254 e. The zero-order chi connectivity index (χ0) is 15.3. The van der Waals surface area contributed by atoms with Crippen molar-refractivity contribution in [3.05, 3.63) is 29.3 Å². The average molecular weight is 277 g/mol. The van der Waals surface area contributed by atoms with Crippen LogP contribution in [-0.2, 0) is 4.79 Å². The van der Waals surface area contributed by atoms with E-state index >= 15 is 0 Å². The summed E-state index contributed by atoms with van der Waals surface area (Å²) in [4.78, 5) is 27.3. The summed E-state index contributed by atoms with van der Waals surface area (Å²) in [5.41, 5.74) is 7.88. The Morgan fingerprint density at radius 1 is 1.25 bits per heavy atom. The zero-order valence-corrected chi connectivity index (χ0v) is 12.6. The van der Waals surface area contributed by atoms with Crippen LogP contribution in [0.3, 0.4) is 0 Å². The number of rotatable bonds is 5. The van der Waals surface area contributed by atoms with Gasteiger partial charge in [-0.15, -0.1) is 0 Å². The van der Waals surface area contributed by atoms with Crippen molar-refractivity contribution in [1.82, 2.24) is 9.80 Å². The van der Waals surface area contributed by atoms with Crippen molar-refractivity contribution in [1.29, 1.82) is 0 Å². The molecule has 0 aromatic heterocycles. The average Bonchev–Trinajstić information content (AvgIpc) is 2.40. The highest BCUT2D eigenvalue weighted by Crippen LogP contribution is 2.15. The molecule has 2 amide bonds. The third-order valence-corrected chi connectivity index (χ3v) is 3.13. The lowest BCUT2D eigenvalue weighted by Gasteiger charge is -2.23. The Morgan fingerprint density at radius 2 is 1.90 bits per heavy atom. The molecule has 0 heterocycles. The van der Waals surface area contributed by atoms with Gasteiger partial charge in [0.1, 0.15) is 6.54 Å². The molecular formula is C15H23N3O2. The number of carbonyl (C=O) groups is 2. The molecule has 0 bridgehead atoms. The molecule has 0 aliphatic rings. The number of amides is 2. The first-order chi connectivity index (χ1) is 9.36. The molecule has 0 fully saturated rings. The monoisotopic (exact) mass is 277 g/mol. The van der Waals surface area contributed by atoms with Gasteiger partial charge < -0.3 is 15.5 Å². The van der Waals surface area contributed by atoms with Crippen LogP contribution >= 0.6 is 0 Å². The quantitative estimate of drug-likeness (QED) is 0.830. The second kappa shape index (κ2) is 6.93. The van der Waals surface area contributed by atoms with Gasteiger partial charge in [-0.1, -0.05) is 13.0 Å². The van der Waals surface area contributed by atoms with E-state index in [0.29, 0.717) is 17.8 Å². The van der Waals surface area contributed by atoms with Gasteiger partial charge in [0.25, 0.3) is 5.91 Å². The summed E-state index contributed by atoms with van der Waals surface area (Å²) in [7, 11) is 3.36. The number of hydrogen-bond donors (Lipinski definition) is 1. The number of nitrogen functional groups attached to an aromatic ring is 1. The van der Waals surface area contributed by atoms with Crippen LogP contribution in [-0.4, -0.2) is 48.8 Å². The minimum Gasteiger partial charge on any atom is -0.398 e. The summed E-state index contributed by atoms with van der Waals surface area (Å²) in [6.45, 7) is 4.51. The number of anilines is 1. The molecular weight excluding hydrogens is 254 g/mol. The summed E-state index contributed by atoms with van der Waals surface area (Å²) in [5, 5.41) is 0. The minimum absolute atomic E-state index is 0.0907. The maximum Gasteiger partial charge on any atom is 0.254 e. The van der Waals surface area contributed by atoms with Crippen LogP contribution in [0.15, 0.2) is 18.2 Å². The molecule has 1 aromatic carbocycles. The van der Waals surface area contributed by atoms with Gasteiger partial charge in [0.2, 0.25) is 5.91 Å². The Labute approximate surface area is 120 Å². The lowest BCUT2D eigenvalue weighted by molar-refractivity contribution is -0.129. The van der Waals surface area contributed by atoms with Gasteiger partial charge in [0, 0.05) is 31.9 Å². The van der Waals surface area contributed by atoms with E-state index in [9.17, 15) is 9.59 Å². The van der Waals surface area contributed by atoms with E-state index in [4.69, 9.17) is 5.73 Å². The molecule has 0 spiro atoms. The molecule has 0 atom stereocenters. The van der Waals surface area contributed by atoms with Gasteiger partial charge >= 0.3 is 0 Å². The molecule has 20 heavy (non-hydrogen) atoms. The second-order valence-electron chi connectivity index (χ2n) is 5.09. The van der Waals surface area contributed by atoms with Crippen LogP contribution in [0.25, 0.3) is 0 Å². The summed E-state index contributed by atoms with van der Waals surface area (Å²) in [6.07, 6.45) is 0.799. The van der Waals surface area contributed by atoms with Crippen molar-refractivity contribution in [2.24, 2.45) is 0 Å². The molecule has 0 radical (unpaired) electrons. The highest BCUT2D eigenvalue weighted by Gasteiger charge is 2.19. The van der Waals surface area contributed by atoms with Crippen LogP contribution in [0.1, 0.15) is 29.3 Å². The fourth-order valence-corrected chi connectivity index (χ4v) is 1.78. The number of nitrogens with two attached hydrogens (primary N) is 1. The first-order valence-electron chi connectivity index (χ1n) is 6.72. The topological polar surface area (TPSA) is 66.6 Å². The molecule has 0 saturated carbocycles. The molecule has 0 saturated heterocycles. The maximum atomic E-state index is 12.5. The molecule has 110 valence electrons. The fraction of sp³-hybridized carbons (Fsp3) is 0.467. The van der Waals surface area contributed by atoms with E-state index in [2.05, 4.69) is 0 Å². The summed E-state index contributed by atoms with van der Waals surface area (Å²) in [6, 6.07) is 5.23. The van der Waals surface area contributed by atoms with Gasteiger partial charge in [0.05, 0.1) is 0 Å². The third-order valence-electron chi connectivity index (χ3n) is 3.13. The Kier molecular flexibility index (Phi) is 5.55. The van der Waals surface area contributed by atoms with Crippen molar-refractivity contribution in [3.8, 4) is 0 Å². The van der Waals surface area contributed by atoms with Crippen LogP contribution < -0.4 is 5.73 Å². The van der Waals surface area contributed by atoms with Crippen molar-refractivity contribution < 1.29 is 9.59 Å². The maximum absolute atomic E-state index is 12.5. The molecule has 0 unspecified atom stereocenters. The van der Waals surface area contributed by atoms with Gasteiger partial charge in [-0.05, 0) is 31.0 Å². The van der Waals surface area contributed by atoms with Crippen molar-refractivity contribution in [2.75, 3.05) is 32.9 Å². The van der Waals surface area contributed by atoms with E-state index in [1.165, 1.54) is 4.90 Å². The Morgan fingerprint density at radius 3 is 2.40 bits per heavy atom. The number of carbonyl (C=O) groups excluding carboxylic acids is 2. The van der Waals surface area contributed by atoms with Crippen molar-refractivity contribution >= 4 is 17.5 Å². The van der Waals surface area contributed by atoms with E-state index in [0.717, 1.165) is 12.0 Å². The minimum atomic E-state index is -0.159. The van der Waals surface area contributed by atoms with Gasteiger partial charge in [-0.2, -0.15) is 0 Å². The number of aryl methyl sites for hydroxylation is 1. The van der Waals surface area contributed by atoms with E-state index in [1.807, 2.05) is 19.9 Å². The number of nitrogens with zero attached hydrogens (tertiary/aromatic N) is 2. The van der Waals surface area contributed by atoms with E-state index in [-0.39, 0.29) is 18.4 Å². The summed E-state index contributed by atoms with van der Waals surface area (Å²) < 4.78 is 0. The lowest BCUT2D eigenvalue weighted by atomic mass is 10.1. The predicted molar refractivity (Wildman–Crippen MR) is 80.5 cm³/mol. The third kappa shape index (κ3) is 3.98. The second-order valence-corrected chi connectivity index (χ2v) is 5.09. The molecule has 1 rings (SSSR count). The SMILES string of the molecule is CCCN(CC(=O)N(C)C)C(=O)c1ccc(C)c(N)c1. The van der Waals surface area contributed by atoms with Crippen LogP contribution in [0, 0.1) is 6.92 Å². The standard InChI is InChI=1S/C15H23N3O2/c1-5-8-18(10-14(19)17(3)4)15(20)12-7-6-11(2)13(16)9-12/h6-7,9H,5,8,10,16H2,1-4H3. The lowest BCUT2D eigenvalue weighted by Crippen LogP contribution is -2.40. The summed E-state index contributed by atoms with van der Waals surface area (Å²) in [5.74, 6) is -0.249. The Bertz CT molecular complexity index is 498. The normalized spacial score (nSPS) is 10.2. The first-order valence-corrected chi connectivity index (χ1v) is 6.72. The first kappa shape index (κ1) is 16.0. The molecule has 5 heteroatoms. The Hall–Kier alpha value is -2.04. The molecule has 1 aromatic rings. The highest BCUT2D eigenvalue weighted by molar-refractivity contribution is 5.97. The number of hydrogen-bond acceptors (Lipinski definition) is 3. The van der Waals surface area contributed by atoms with Crippen LogP contribution in [0.4, 0.5) is 5.69 Å². The largest absolute Gasteiger partial charge is 0.398 e. The highest BCUT2D eigenvalue weighted by atomic mass is 16.2. The number of benzene rings is 1. The van der Waals surface area contributed by atoms with Gasteiger partial charge in [0.15, 0.2) is 0 Å². The van der Waals surface area contributed by atoms with Gasteiger partial charge in [-0.25, -0.2) is 0 Å². The molecule has 0 aliphatic carbocycles. The van der Waals surface area contributed by atoms with E-state index < -0.39 is 0 Å². The van der Waals surface area contributed by atoms with Crippen molar-refractivity contribution in [2.45, 2.75) is 20.3 Å².